The maximum Gasteiger partial charge on any atom is 0.227 e. The highest BCUT2D eigenvalue weighted by atomic mass is 35.5. The molecule has 0 spiro atoms. The maximum absolute atomic E-state index is 5.95. The fourth-order valence-electron chi connectivity index (χ4n) is 1.96. The van der Waals surface area contributed by atoms with Crippen molar-refractivity contribution in [2.75, 3.05) is 6.54 Å². The third-order valence-electron chi connectivity index (χ3n) is 3.11. The quantitative estimate of drug-likeness (QED) is 0.882. The topological polar surface area (TPSA) is 51.0 Å². The van der Waals surface area contributed by atoms with Gasteiger partial charge >= 0.3 is 0 Å². The van der Waals surface area contributed by atoms with Crippen LogP contribution in [-0.2, 0) is 12.8 Å². The third kappa shape index (κ3) is 3.78. The zero-order chi connectivity index (χ0) is 13.1. The van der Waals surface area contributed by atoms with Gasteiger partial charge in [-0.1, -0.05) is 28.9 Å². The summed E-state index contributed by atoms with van der Waals surface area (Å²) in [5, 5.41) is 8.16. The first kappa shape index (κ1) is 12.6. The van der Waals surface area contributed by atoms with E-state index >= 15 is 0 Å². The van der Waals surface area contributed by atoms with E-state index in [4.69, 9.17) is 16.1 Å². The fraction of sp³-hybridized carbons (Fsp3) is 0.429. The minimum Gasteiger partial charge on any atom is -0.339 e. The first-order valence-corrected chi connectivity index (χ1v) is 6.97. The molecule has 1 fully saturated rings. The molecule has 1 aromatic heterocycles. The highest BCUT2D eigenvalue weighted by Gasteiger charge is 2.20. The molecule has 0 unspecified atom stereocenters. The molecule has 100 valence electrons. The smallest absolute Gasteiger partial charge is 0.227 e. The molecule has 0 bridgehead atoms. The lowest BCUT2D eigenvalue weighted by Gasteiger charge is -1.97. The van der Waals surface area contributed by atoms with Crippen LogP contribution in [0.15, 0.2) is 28.8 Å². The van der Waals surface area contributed by atoms with Crippen molar-refractivity contribution in [1.82, 2.24) is 15.5 Å². The van der Waals surface area contributed by atoms with Crippen molar-refractivity contribution >= 4 is 11.6 Å². The van der Waals surface area contributed by atoms with E-state index in [9.17, 15) is 0 Å². The summed E-state index contributed by atoms with van der Waals surface area (Å²) in [6.07, 6.45) is 4.03. The van der Waals surface area contributed by atoms with Crippen LogP contribution >= 0.6 is 11.6 Å². The van der Waals surface area contributed by atoms with Gasteiger partial charge in [0.1, 0.15) is 0 Å². The molecule has 1 aromatic carbocycles. The van der Waals surface area contributed by atoms with Crippen LogP contribution in [0.2, 0.25) is 5.02 Å². The van der Waals surface area contributed by atoms with Gasteiger partial charge in [0.05, 0.1) is 0 Å². The molecule has 0 amide bonds. The summed E-state index contributed by atoms with van der Waals surface area (Å²) < 4.78 is 5.24. The van der Waals surface area contributed by atoms with Gasteiger partial charge in [-0.2, -0.15) is 4.98 Å². The zero-order valence-electron chi connectivity index (χ0n) is 10.6. The largest absolute Gasteiger partial charge is 0.339 e. The van der Waals surface area contributed by atoms with Crippen LogP contribution < -0.4 is 5.32 Å². The van der Waals surface area contributed by atoms with E-state index in [2.05, 4.69) is 15.5 Å². The number of nitrogens with one attached hydrogen (secondary N) is 1. The summed E-state index contributed by atoms with van der Waals surface area (Å²) in [5.41, 5.74) is 1.09. The number of nitrogens with zero attached hydrogens (tertiary/aromatic N) is 2. The van der Waals surface area contributed by atoms with Gasteiger partial charge in [-0.15, -0.1) is 0 Å². The molecule has 5 heteroatoms. The van der Waals surface area contributed by atoms with Gasteiger partial charge < -0.3 is 9.84 Å². The van der Waals surface area contributed by atoms with Crippen molar-refractivity contribution in [2.24, 2.45) is 0 Å². The van der Waals surface area contributed by atoms with Gasteiger partial charge in [-0.25, -0.2) is 0 Å². The molecule has 1 heterocycles. The Morgan fingerprint density at radius 1 is 1.37 bits per heavy atom. The molecule has 1 saturated carbocycles. The lowest BCUT2D eigenvalue weighted by Crippen LogP contribution is -2.19. The summed E-state index contributed by atoms with van der Waals surface area (Å²) in [4.78, 5) is 4.39. The summed E-state index contributed by atoms with van der Waals surface area (Å²) >= 11 is 5.95. The minimum absolute atomic E-state index is 0.653. The van der Waals surface area contributed by atoms with E-state index in [0.29, 0.717) is 24.2 Å². The molecule has 0 radical (unpaired) electrons. The average molecular weight is 278 g/mol. The molecular formula is C14H16ClN3O. The van der Waals surface area contributed by atoms with E-state index in [1.807, 2.05) is 24.3 Å². The summed E-state index contributed by atoms with van der Waals surface area (Å²) in [6, 6.07) is 8.44. The monoisotopic (exact) mass is 277 g/mol. The van der Waals surface area contributed by atoms with Gasteiger partial charge in [0.25, 0.3) is 0 Å². The predicted octanol–water partition coefficient (Wildman–Crippen LogP) is 2.61. The number of aromatic nitrogens is 2. The molecule has 1 N–H and O–H groups in total. The SMILES string of the molecule is Clc1cccc(Cc2noc(CCNC3CC3)n2)c1. The van der Waals surface area contributed by atoms with Crippen LogP contribution in [0, 0.1) is 0 Å². The van der Waals surface area contributed by atoms with Crippen molar-refractivity contribution in [3.63, 3.8) is 0 Å². The second-order valence-electron chi connectivity index (χ2n) is 4.89. The zero-order valence-corrected chi connectivity index (χ0v) is 11.4. The highest BCUT2D eigenvalue weighted by Crippen LogP contribution is 2.18. The Hall–Kier alpha value is -1.39. The van der Waals surface area contributed by atoms with Gasteiger partial charge in [0.2, 0.25) is 5.89 Å². The van der Waals surface area contributed by atoms with Gasteiger partial charge in [0, 0.05) is 30.5 Å². The Balaban J connectivity index is 1.54. The number of rotatable bonds is 6. The lowest BCUT2D eigenvalue weighted by atomic mass is 10.1. The first-order valence-electron chi connectivity index (χ1n) is 6.59. The van der Waals surface area contributed by atoms with Crippen molar-refractivity contribution in [2.45, 2.75) is 31.7 Å². The highest BCUT2D eigenvalue weighted by molar-refractivity contribution is 6.30. The Bertz CT molecular complexity index is 551. The molecule has 0 atom stereocenters. The molecule has 1 aliphatic carbocycles. The van der Waals surface area contributed by atoms with Gasteiger partial charge in [-0.3, -0.25) is 0 Å². The molecule has 0 aliphatic heterocycles. The second kappa shape index (κ2) is 5.72. The van der Waals surface area contributed by atoms with Gasteiger partial charge in [-0.05, 0) is 30.5 Å². The molecule has 19 heavy (non-hydrogen) atoms. The van der Waals surface area contributed by atoms with Crippen LogP contribution in [0.4, 0.5) is 0 Å². The van der Waals surface area contributed by atoms with E-state index in [1.54, 1.807) is 0 Å². The lowest BCUT2D eigenvalue weighted by molar-refractivity contribution is 0.371. The third-order valence-corrected chi connectivity index (χ3v) is 3.35. The average Bonchev–Trinajstić information content (AvgIpc) is 3.10. The number of benzene rings is 1. The van der Waals surface area contributed by atoms with Crippen LogP contribution in [0.1, 0.15) is 30.1 Å². The maximum atomic E-state index is 5.95. The Labute approximate surface area is 117 Å². The Morgan fingerprint density at radius 3 is 3.05 bits per heavy atom. The van der Waals surface area contributed by atoms with Gasteiger partial charge in [0.15, 0.2) is 5.82 Å². The van der Waals surface area contributed by atoms with E-state index in [1.165, 1.54) is 12.8 Å². The Morgan fingerprint density at radius 2 is 2.26 bits per heavy atom. The van der Waals surface area contributed by atoms with E-state index in [0.717, 1.165) is 23.6 Å². The minimum atomic E-state index is 0.653. The van der Waals surface area contributed by atoms with Crippen LogP contribution in [0.5, 0.6) is 0 Å². The first-order chi connectivity index (χ1) is 9.29. The summed E-state index contributed by atoms with van der Waals surface area (Å²) in [5.74, 6) is 1.41. The predicted molar refractivity (Wildman–Crippen MR) is 73.3 cm³/mol. The summed E-state index contributed by atoms with van der Waals surface area (Å²) in [6.45, 7) is 0.906. The van der Waals surface area contributed by atoms with Crippen LogP contribution in [-0.4, -0.2) is 22.7 Å². The standard InChI is InChI=1S/C14H16ClN3O/c15-11-3-1-2-10(8-11)9-13-17-14(19-18-13)6-7-16-12-4-5-12/h1-3,8,12,16H,4-7,9H2. The van der Waals surface area contributed by atoms with Crippen molar-refractivity contribution in [3.05, 3.63) is 46.6 Å². The molecular weight excluding hydrogens is 262 g/mol. The molecule has 2 aromatic rings. The fourth-order valence-corrected chi connectivity index (χ4v) is 2.18. The van der Waals surface area contributed by atoms with Crippen molar-refractivity contribution in [1.29, 1.82) is 0 Å². The molecule has 3 rings (SSSR count). The number of halogens is 1. The van der Waals surface area contributed by atoms with E-state index < -0.39 is 0 Å². The molecule has 0 saturated heterocycles. The summed E-state index contributed by atoms with van der Waals surface area (Å²) in [7, 11) is 0. The molecule has 1 aliphatic rings. The molecule has 4 nitrogen and oxygen atoms in total. The number of hydrogen-bond donors (Lipinski definition) is 1. The normalized spacial score (nSPS) is 14.8. The number of hydrogen-bond acceptors (Lipinski definition) is 4. The van der Waals surface area contributed by atoms with Crippen LogP contribution in [0.25, 0.3) is 0 Å². The van der Waals surface area contributed by atoms with Crippen molar-refractivity contribution in [3.8, 4) is 0 Å². The Kier molecular flexibility index (Phi) is 3.80. The van der Waals surface area contributed by atoms with Crippen molar-refractivity contribution < 1.29 is 4.52 Å². The van der Waals surface area contributed by atoms with E-state index in [-0.39, 0.29) is 0 Å². The van der Waals surface area contributed by atoms with Crippen LogP contribution in [0.3, 0.4) is 0 Å². The second-order valence-corrected chi connectivity index (χ2v) is 5.33.